The van der Waals surface area contributed by atoms with Crippen molar-refractivity contribution in [3.63, 3.8) is 0 Å². The van der Waals surface area contributed by atoms with Crippen LogP contribution in [0.3, 0.4) is 0 Å². The van der Waals surface area contributed by atoms with Crippen LogP contribution in [-0.2, 0) is 4.79 Å². The second-order valence-corrected chi connectivity index (χ2v) is 1.74. The summed E-state index contributed by atoms with van der Waals surface area (Å²) in [6.45, 7) is 1.57. The Hall–Kier alpha value is -0.240. The zero-order valence-corrected chi connectivity index (χ0v) is 5.12. The molecule has 0 bridgehead atoms. The molecule has 0 saturated carbocycles. The maximum atomic E-state index is 10.1. The molecule has 0 saturated heterocycles. The van der Waals surface area contributed by atoms with E-state index in [2.05, 4.69) is 12.2 Å². The normalized spacial score (nSPS) is 8.14. The molecule has 40 valence electrons. The van der Waals surface area contributed by atoms with Crippen LogP contribution in [0.1, 0.15) is 19.8 Å². The Kier molecular flexibility index (Phi) is 3.80. The van der Waals surface area contributed by atoms with Gasteiger partial charge in [0.15, 0.2) is 0 Å². The van der Waals surface area contributed by atoms with Gasteiger partial charge in [0.2, 0.25) is 0 Å². The highest BCUT2D eigenvalue weighted by Crippen LogP contribution is 1.84. The van der Waals surface area contributed by atoms with Crippen molar-refractivity contribution in [3.05, 3.63) is 0 Å². The first-order chi connectivity index (χ1) is 3.27. The van der Waals surface area contributed by atoms with Gasteiger partial charge in [-0.2, -0.15) is 0 Å². The van der Waals surface area contributed by atoms with Crippen LogP contribution in [0.5, 0.6) is 0 Å². The standard InChI is InChI=1S/C5H8OS/c1-5(6)3-2-4-7/h4H,2-3H2,1H3. The Morgan fingerprint density at radius 1 is 1.86 bits per heavy atom. The number of Topliss-reactive ketones (excluding diaryl/α,β-unsaturated/α-hetero) is 1. The molecule has 0 aromatic carbocycles. The molecule has 0 fully saturated rings. The Morgan fingerprint density at radius 2 is 2.43 bits per heavy atom. The molecule has 0 amide bonds. The summed E-state index contributed by atoms with van der Waals surface area (Å²) in [6, 6.07) is 0. The van der Waals surface area contributed by atoms with Gasteiger partial charge in [0, 0.05) is 6.42 Å². The number of hydrogen-bond donors (Lipinski definition) is 0. The summed E-state index contributed by atoms with van der Waals surface area (Å²) in [4.78, 5) is 10.1. The lowest BCUT2D eigenvalue weighted by Gasteiger charge is -1.81. The van der Waals surface area contributed by atoms with Crippen LogP contribution in [-0.4, -0.2) is 11.2 Å². The summed E-state index contributed by atoms with van der Waals surface area (Å²) in [7, 11) is 0. The van der Waals surface area contributed by atoms with Crippen LogP contribution < -0.4 is 0 Å². The largest absolute Gasteiger partial charge is 0.300 e. The number of hydrogen-bond acceptors (Lipinski definition) is 2. The topological polar surface area (TPSA) is 17.1 Å². The van der Waals surface area contributed by atoms with Gasteiger partial charge >= 0.3 is 0 Å². The van der Waals surface area contributed by atoms with Gasteiger partial charge in [0.1, 0.15) is 5.78 Å². The van der Waals surface area contributed by atoms with E-state index in [1.54, 1.807) is 12.3 Å². The molecule has 0 aliphatic rings. The van der Waals surface area contributed by atoms with Crippen molar-refractivity contribution in [2.75, 3.05) is 0 Å². The third-order valence-electron chi connectivity index (χ3n) is 0.614. The maximum Gasteiger partial charge on any atom is 0.130 e. The molecule has 0 aromatic heterocycles. The monoisotopic (exact) mass is 116 g/mol. The van der Waals surface area contributed by atoms with Gasteiger partial charge in [0.25, 0.3) is 0 Å². The van der Waals surface area contributed by atoms with E-state index >= 15 is 0 Å². The van der Waals surface area contributed by atoms with Crippen LogP contribution >= 0.6 is 12.2 Å². The Morgan fingerprint density at radius 3 is 2.57 bits per heavy atom. The molecular formula is C5H8OS. The molecule has 0 aliphatic heterocycles. The van der Waals surface area contributed by atoms with Crippen LogP contribution in [0.4, 0.5) is 0 Å². The quantitative estimate of drug-likeness (QED) is 0.518. The Bertz CT molecular complexity index is 78.1. The molecule has 0 aromatic rings. The first kappa shape index (κ1) is 6.76. The molecule has 0 heterocycles. The third kappa shape index (κ3) is 5.76. The van der Waals surface area contributed by atoms with E-state index in [9.17, 15) is 4.79 Å². The first-order valence-corrected chi connectivity index (χ1v) is 2.67. The summed E-state index contributed by atoms with van der Waals surface area (Å²) in [5, 5.41) is 1.58. The van der Waals surface area contributed by atoms with E-state index in [1.807, 2.05) is 0 Å². The summed E-state index contributed by atoms with van der Waals surface area (Å²) in [5.41, 5.74) is 0. The van der Waals surface area contributed by atoms with Crippen molar-refractivity contribution < 1.29 is 4.79 Å². The van der Waals surface area contributed by atoms with Crippen LogP contribution in [0.2, 0.25) is 0 Å². The number of carbonyl (C=O) groups excluding carboxylic acids is 1. The molecule has 0 spiro atoms. The minimum Gasteiger partial charge on any atom is -0.300 e. The highest BCUT2D eigenvalue weighted by molar-refractivity contribution is 7.78. The average Bonchev–Trinajstić information content (AvgIpc) is 1.61. The van der Waals surface area contributed by atoms with Crippen molar-refractivity contribution in [2.24, 2.45) is 0 Å². The van der Waals surface area contributed by atoms with Crippen molar-refractivity contribution in [1.82, 2.24) is 0 Å². The lowest BCUT2D eigenvalue weighted by molar-refractivity contribution is -0.116. The summed E-state index contributed by atoms with van der Waals surface area (Å²) in [5.74, 6) is 0.209. The molecule has 0 radical (unpaired) electrons. The third-order valence-corrected chi connectivity index (χ3v) is 0.850. The number of ketones is 1. The molecule has 1 nitrogen and oxygen atoms in total. The van der Waals surface area contributed by atoms with E-state index in [4.69, 9.17) is 0 Å². The SMILES string of the molecule is CC(=O)CCC=S. The van der Waals surface area contributed by atoms with Gasteiger partial charge < -0.3 is 4.79 Å². The fraction of sp³-hybridized carbons (Fsp3) is 0.600. The zero-order valence-electron chi connectivity index (χ0n) is 4.31. The highest BCUT2D eigenvalue weighted by Gasteiger charge is 1.86. The smallest absolute Gasteiger partial charge is 0.130 e. The molecule has 2 heteroatoms. The fourth-order valence-corrected chi connectivity index (χ4v) is 0.380. The minimum atomic E-state index is 0.209. The predicted octanol–water partition coefficient (Wildman–Crippen LogP) is 1.36. The Balaban J connectivity index is 2.97. The van der Waals surface area contributed by atoms with E-state index < -0.39 is 0 Å². The number of thiocarbonyl (C=S) groups is 1. The van der Waals surface area contributed by atoms with Crippen LogP contribution in [0.15, 0.2) is 0 Å². The molecule has 7 heavy (non-hydrogen) atoms. The van der Waals surface area contributed by atoms with Gasteiger partial charge in [-0.05, 0) is 18.7 Å². The molecular weight excluding hydrogens is 108 g/mol. The second-order valence-electron chi connectivity index (χ2n) is 1.41. The van der Waals surface area contributed by atoms with E-state index in [-0.39, 0.29) is 5.78 Å². The molecule has 0 unspecified atom stereocenters. The first-order valence-electron chi connectivity index (χ1n) is 2.20. The minimum absolute atomic E-state index is 0.209. The summed E-state index contributed by atoms with van der Waals surface area (Å²) in [6.07, 6.45) is 1.34. The van der Waals surface area contributed by atoms with E-state index in [0.717, 1.165) is 6.42 Å². The lowest BCUT2D eigenvalue weighted by Crippen LogP contribution is -1.87. The summed E-state index contributed by atoms with van der Waals surface area (Å²) < 4.78 is 0. The molecule has 0 aliphatic carbocycles. The van der Waals surface area contributed by atoms with E-state index in [0.29, 0.717) is 6.42 Å². The number of carbonyl (C=O) groups is 1. The van der Waals surface area contributed by atoms with Crippen LogP contribution in [0.25, 0.3) is 0 Å². The van der Waals surface area contributed by atoms with Gasteiger partial charge in [-0.3, -0.25) is 0 Å². The van der Waals surface area contributed by atoms with Gasteiger partial charge in [-0.25, -0.2) is 0 Å². The van der Waals surface area contributed by atoms with E-state index in [1.165, 1.54) is 0 Å². The Labute approximate surface area is 48.7 Å². The van der Waals surface area contributed by atoms with Crippen molar-refractivity contribution in [3.8, 4) is 0 Å². The van der Waals surface area contributed by atoms with Gasteiger partial charge in [-0.15, -0.1) is 0 Å². The highest BCUT2D eigenvalue weighted by atomic mass is 32.1. The zero-order chi connectivity index (χ0) is 5.70. The van der Waals surface area contributed by atoms with Gasteiger partial charge in [-0.1, -0.05) is 12.2 Å². The molecule has 0 rings (SSSR count). The maximum absolute atomic E-state index is 10.1. The average molecular weight is 116 g/mol. The molecule has 0 atom stereocenters. The van der Waals surface area contributed by atoms with Gasteiger partial charge in [0.05, 0.1) is 0 Å². The summed E-state index contributed by atoms with van der Waals surface area (Å²) >= 11 is 4.49. The lowest BCUT2D eigenvalue weighted by atomic mass is 10.3. The predicted molar refractivity (Wildman–Crippen MR) is 33.6 cm³/mol. The fourth-order valence-electron chi connectivity index (χ4n) is 0.262. The van der Waals surface area contributed by atoms with Crippen LogP contribution in [0, 0.1) is 0 Å². The second kappa shape index (κ2) is 3.93. The number of rotatable bonds is 3. The van der Waals surface area contributed by atoms with Crippen molar-refractivity contribution in [1.29, 1.82) is 0 Å². The van der Waals surface area contributed by atoms with Crippen molar-refractivity contribution >= 4 is 23.4 Å². The van der Waals surface area contributed by atoms with Crippen molar-refractivity contribution in [2.45, 2.75) is 19.8 Å². The molecule has 0 N–H and O–H groups in total.